The van der Waals surface area contributed by atoms with Crippen molar-refractivity contribution >= 4 is 39.2 Å². The van der Waals surface area contributed by atoms with E-state index in [0.29, 0.717) is 6.42 Å². The lowest BCUT2D eigenvalue weighted by Crippen LogP contribution is -2.47. The Balaban J connectivity index is 1.42. The number of thiophene rings is 1. The molecule has 0 unspecified atom stereocenters. The number of hydrogen-bond donors (Lipinski definition) is 0. The summed E-state index contributed by atoms with van der Waals surface area (Å²) in [6.45, 7) is 3.59. The van der Waals surface area contributed by atoms with Gasteiger partial charge in [0, 0.05) is 48.6 Å². The fraction of sp³-hybridized carbons (Fsp3) is 0.350. The quantitative estimate of drug-likeness (QED) is 0.485. The molecule has 5 nitrogen and oxygen atoms in total. The molecule has 0 N–H and O–H groups in total. The van der Waals surface area contributed by atoms with E-state index in [1.807, 2.05) is 23.1 Å². The van der Waals surface area contributed by atoms with Gasteiger partial charge in [0.25, 0.3) is 0 Å². The van der Waals surface area contributed by atoms with Gasteiger partial charge in [0.15, 0.2) is 0 Å². The van der Waals surface area contributed by atoms with Crippen LogP contribution in [0.4, 0.5) is 0 Å². The molecule has 2 aromatic heterocycles. The van der Waals surface area contributed by atoms with Crippen LogP contribution in [0.1, 0.15) is 6.42 Å². The molecule has 7 heteroatoms. The van der Waals surface area contributed by atoms with Crippen LogP contribution in [0.25, 0.3) is 20.7 Å². The Morgan fingerprint density at radius 1 is 1.15 bits per heavy atom. The molecule has 1 fully saturated rings. The topological polar surface area (TPSA) is 49.3 Å². The predicted octanol–water partition coefficient (Wildman–Crippen LogP) is 3.61. The van der Waals surface area contributed by atoms with E-state index in [0.717, 1.165) is 47.2 Å². The lowest BCUT2D eigenvalue weighted by Gasteiger charge is -2.32. The molecule has 0 atom stereocenters. The highest BCUT2D eigenvalue weighted by Gasteiger charge is 2.19. The van der Waals surface area contributed by atoms with Gasteiger partial charge >= 0.3 is 0 Å². The molecule has 1 amide bonds. The standard InChI is InChI=1S/C20H22N4OS2/c1-23-8-10-24(11-9-23)18(25)7-12-26-19-16-13-17(15-5-3-2-4-6-15)27-20(16)22-14-21-19/h2-6,13-14H,7-12H2,1H3. The Labute approximate surface area is 167 Å². The highest BCUT2D eigenvalue weighted by atomic mass is 32.2. The van der Waals surface area contributed by atoms with Crippen molar-refractivity contribution in [2.45, 2.75) is 11.4 Å². The summed E-state index contributed by atoms with van der Waals surface area (Å²) in [6.07, 6.45) is 2.17. The molecule has 3 aromatic rings. The summed E-state index contributed by atoms with van der Waals surface area (Å²) in [6, 6.07) is 12.5. The molecule has 140 valence electrons. The molecule has 4 rings (SSSR count). The lowest BCUT2D eigenvalue weighted by atomic mass is 10.2. The molecule has 1 aromatic carbocycles. The maximum atomic E-state index is 12.4. The largest absolute Gasteiger partial charge is 0.340 e. The summed E-state index contributed by atoms with van der Waals surface area (Å²) in [7, 11) is 2.10. The highest BCUT2D eigenvalue weighted by Crippen LogP contribution is 2.36. The number of amides is 1. The Hall–Kier alpha value is -1.96. The van der Waals surface area contributed by atoms with Crippen LogP contribution in [0.2, 0.25) is 0 Å². The summed E-state index contributed by atoms with van der Waals surface area (Å²) in [5.74, 6) is 0.990. The van der Waals surface area contributed by atoms with E-state index in [1.165, 1.54) is 10.4 Å². The van der Waals surface area contributed by atoms with E-state index in [-0.39, 0.29) is 5.91 Å². The van der Waals surface area contributed by atoms with Crippen LogP contribution in [0.15, 0.2) is 47.8 Å². The van der Waals surface area contributed by atoms with Crippen molar-refractivity contribution in [3.8, 4) is 10.4 Å². The number of likely N-dealkylation sites (N-methyl/N-ethyl adjacent to an activating group) is 1. The molecular weight excluding hydrogens is 376 g/mol. The van der Waals surface area contributed by atoms with Gasteiger partial charge < -0.3 is 9.80 Å². The van der Waals surface area contributed by atoms with Crippen molar-refractivity contribution in [3.05, 3.63) is 42.7 Å². The average Bonchev–Trinajstić information content (AvgIpc) is 3.14. The first kappa shape index (κ1) is 18.4. The monoisotopic (exact) mass is 398 g/mol. The van der Waals surface area contributed by atoms with Crippen LogP contribution >= 0.6 is 23.1 Å². The van der Waals surface area contributed by atoms with Gasteiger partial charge in [0.05, 0.1) is 0 Å². The van der Waals surface area contributed by atoms with Crippen molar-refractivity contribution < 1.29 is 4.79 Å². The molecule has 27 heavy (non-hydrogen) atoms. The number of carbonyl (C=O) groups is 1. The zero-order valence-electron chi connectivity index (χ0n) is 15.3. The summed E-state index contributed by atoms with van der Waals surface area (Å²) in [5, 5.41) is 2.04. The van der Waals surface area contributed by atoms with Crippen molar-refractivity contribution in [3.63, 3.8) is 0 Å². The second-order valence-electron chi connectivity index (χ2n) is 6.66. The number of thioether (sulfide) groups is 1. The average molecular weight is 399 g/mol. The van der Waals surface area contributed by atoms with Gasteiger partial charge in [-0.05, 0) is 18.7 Å². The number of nitrogens with zero attached hydrogens (tertiary/aromatic N) is 4. The molecule has 0 spiro atoms. The first-order valence-corrected chi connectivity index (χ1v) is 10.9. The second-order valence-corrected chi connectivity index (χ2v) is 8.77. The molecule has 3 heterocycles. The first-order chi connectivity index (χ1) is 13.2. The summed E-state index contributed by atoms with van der Waals surface area (Å²) >= 11 is 3.33. The van der Waals surface area contributed by atoms with Crippen molar-refractivity contribution in [1.82, 2.24) is 19.8 Å². The van der Waals surface area contributed by atoms with Crippen LogP contribution in [0, 0.1) is 0 Å². The minimum absolute atomic E-state index is 0.246. The summed E-state index contributed by atoms with van der Waals surface area (Å²) in [5.41, 5.74) is 1.20. The summed E-state index contributed by atoms with van der Waals surface area (Å²) < 4.78 is 0. The Bertz CT molecular complexity index is 920. The number of fused-ring (bicyclic) bond motifs is 1. The summed E-state index contributed by atoms with van der Waals surface area (Å²) in [4.78, 5) is 27.7. The smallest absolute Gasteiger partial charge is 0.223 e. The molecule has 1 aliphatic heterocycles. The van der Waals surface area contributed by atoms with E-state index >= 15 is 0 Å². The SMILES string of the molecule is CN1CCN(C(=O)CCSc2ncnc3sc(-c4ccccc4)cc23)CC1. The Morgan fingerprint density at radius 3 is 2.70 bits per heavy atom. The molecular formula is C20H22N4OS2. The number of carbonyl (C=O) groups excluding carboxylic acids is 1. The Kier molecular flexibility index (Phi) is 5.71. The van der Waals surface area contributed by atoms with Crippen LogP contribution in [-0.4, -0.2) is 64.7 Å². The zero-order valence-corrected chi connectivity index (χ0v) is 16.9. The van der Waals surface area contributed by atoms with Gasteiger partial charge in [-0.25, -0.2) is 9.97 Å². The third-order valence-electron chi connectivity index (χ3n) is 4.76. The maximum Gasteiger partial charge on any atom is 0.223 e. The van der Waals surface area contributed by atoms with Crippen molar-refractivity contribution in [2.75, 3.05) is 39.0 Å². The van der Waals surface area contributed by atoms with Crippen LogP contribution < -0.4 is 0 Å². The first-order valence-electron chi connectivity index (χ1n) is 9.10. The second kappa shape index (κ2) is 8.37. The number of rotatable bonds is 5. The Morgan fingerprint density at radius 2 is 1.93 bits per heavy atom. The molecule has 0 saturated carbocycles. The van der Waals surface area contributed by atoms with Gasteiger partial charge in [-0.3, -0.25) is 4.79 Å². The zero-order chi connectivity index (χ0) is 18.6. The van der Waals surface area contributed by atoms with Gasteiger partial charge in [-0.15, -0.1) is 23.1 Å². The van der Waals surface area contributed by atoms with Crippen molar-refractivity contribution in [1.29, 1.82) is 0 Å². The van der Waals surface area contributed by atoms with E-state index in [4.69, 9.17) is 0 Å². The van der Waals surface area contributed by atoms with Gasteiger partial charge in [0.1, 0.15) is 16.2 Å². The van der Waals surface area contributed by atoms with E-state index < -0.39 is 0 Å². The molecule has 1 aliphatic rings. The fourth-order valence-corrected chi connectivity index (χ4v) is 5.11. The molecule has 0 bridgehead atoms. The van der Waals surface area contributed by atoms with Crippen LogP contribution in [0.5, 0.6) is 0 Å². The molecule has 0 radical (unpaired) electrons. The van der Waals surface area contributed by atoms with E-state index in [2.05, 4.69) is 40.1 Å². The maximum absolute atomic E-state index is 12.4. The third-order valence-corrected chi connectivity index (χ3v) is 6.86. The van der Waals surface area contributed by atoms with E-state index in [1.54, 1.807) is 29.4 Å². The number of piperazine rings is 1. The molecule has 1 saturated heterocycles. The van der Waals surface area contributed by atoms with Gasteiger partial charge in [0.2, 0.25) is 5.91 Å². The number of aromatic nitrogens is 2. The van der Waals surface area contributed by atoms with Crippen LogP contribution in [-0.2, 0) is 4.79 Å². The van der Waals surface area contributed by atoms with E-state index in [9.17, 15) is 4.79 Å². The van der Waals surface area contributed by atoms with Crippen molar-refractivity contribution in [2.24, 2.45) is 0 Å². The molecule has 0 aliphatic carbocycles. The minimum Gasteiger partial charge on any atom is -0.340 e. The normalized spacial score (nSPS) is 15.4. The predicted molar refractivity (Wildman–Crippen MR) is 112 cm³/mol. The lowest BCUT2D eigenvalue weighted by molar-refractivity contribution is -0.132. The third kappa shape index (κ3) is 4.31. The minimum atomic E-state index is 0.246. The number of hydrogen-bond acceptors (Lipinski definition) is 6. The van der Waals surface area contributed by atoms with Crippen LogP contribution in [0.3, 0.4) is 0 Å². The highest BCUT2D eigenvalue weighted by molar-refractivity contribution is 7.99. The fourth-order valence-electron chi connectivity index (χ4n) is 3.14. The van der Waals surface area contributed by atoms with Gasteiger partial charge in [-0.2, -0.15) is 0 Å². The number of benzene rings is 1. The van der Waals surface area contributed by atoms with Gasteiger partial charge in [-0.1, -0.05) is 30.3 Å².